The number of amides is 2. The van der Waals surface area contributed by atoms with Gasteiger partial charge in [-0.3, -0.25) is 30.0 Å². The second kappa shape index (κ2) is 9.02. The van der Waals surface area contributed by atoms with Crippen molar-refractivity contribution in [2.45, 2.75) is 11.8 Å². The third-order valence-electron chi connectivity index (χ3n) is 4.15. The summed E-state index contributed by atoms with van der Waals surface area (Å²) in [6.07, 6.45) is 1.37. The number of carbonyl (C=O) groups excluding carboxylic acids is 3. The van der Waals surface area contributed by atoms with Gasteiger partial charge >= 0.3 is 0 Å². The lowest BCUT2D eigenvalue weighted by Crippen LogP contribution is -2.41. The summed E-state index contributed by atoms with van der Waals surface area (Å²) in [5, 5.41) is 0.222. The molecular weight excluding hydrogens is 444 g/mol. The van der Waals surface area contributed by atoms with Crippen LogP contribution in [-0.2, 0) is 10.0 Å². The van der Waals surface area contributed by atoms with Crippen LogP contribution in [0.15, 0.2) is 65.7 Å². The molecule has 31 heavy (non-hydrogen) atoms. The highest BCUT2D eigenvalue weighted by Crippen LogP contribution is 2.24. The maximum absolute atomic E-state index is 12.6. The molecule has 0 unspecified atom stereocenters. The van der Waals surface area contributed by atoms with Crippen LogP contribution in [0.4, 0.5) is 5.69 Å². The van der Waals surface area contributed by atoms with Crippen molar-refractivity contribution in [1.82, 2.24) is 15.8 Å². The van der Waals surface area contributed by atoms with Gasteiger partial charge in [-0.2, -0.15) is 0 Å². The van der Waals surface area contributed by atoms with Crippen LogP contribution in [-0.4, -0.2) is 31.0 Å². The molecule has 1 aromatic heterocycles. The summed E-state index contributed by atoms with van der Waals surface area (Å²) in [5.74, 6) is -1.63. The molecule has 0 aliphatic carbocycles. The minimum atomic E-state index is -4.01. The van der Waals surface area contributed by atoms with Gasteiger partial charge in [0.05, 0.1) is 15.6 Å². The first kappa shape index (κ1) is 22.1. The zero-order valence-electron chi connectivity index (χ0n) is 16.1. The highest BCUT2D eigenvalue weighted by Gasteiger charge is 2.18. The van der Waals surface area contributed by atoms with Crippen LogP contribution in [0, 0.1) is 0 Å². The molecule has 0 spiro atoms. The molecule has 160 valence electrons. The van der Waals surface area contributed by atoms with E-state index >= 15 is 0 Å². The number of sulfonamides is 1. The Hall–Kier alpha value is -3.63. The Morgan fingerprint density at radius 1 is 0.903 bits per heavy atom. The van der Waals surface area contributed by atoms with E-state index < -0.39 is 21.8 Å². The average Bonchev–Trinajstić information content (AvgIpc) is 3.24. The van der Waals surface area contributed by atoms with E-state index in [0.29, 0.717) is 5.56 Å². The zero-order valence-corrected chi connectivity index (χ0v) is 17.7. The molecule has 0 saturated carbocycles. The van der Waals surface area contributed by atoms with Crippen molar-refractivity contribution in [3.63, 3.8) is 0 Å². The average molecular weight is 461 g/mol. The zero-order chi connectivity index (χ0) is 22.6. The summed E-state index contributed by atoms with van der Waals surface area (Å²) in [6.45, 7) is 1.36. The Labute approximate surface area is 182 Å². The summed E-state index contributed by atoms with van der Waals surface area (Å²) >= 11 is 5.99. The molecule has 3 aromatic rings. The van der Waals surface area contributed by atoms with Gasteiger partial charge in [-0.15, -0.1) is 0 Å². The van der Waals surface area contributed by atoms with E-state index in [4.69, 9.17) is 11.6 Å². The number of anilines is 1. The Kier molecular flexibility index (Phi) is 6.42. The Bertz CT molecular complexity index is 1270. The van der Waals surface area contributed by atoms with Gasteiger partial charge in [0.15, 0.2) is 5.78 Å². The number of rotatable bonds is 6. The Morgan fingerprint density at radius 3 is 2.29 bits per heavy atom. The van der Waals surface area contributed by atoms with Crippen molar-refractivity contribution < 1.29 is 22.8 Å². The lowest BCUT2D eigenvalue weighted by Gasteiger charge is -2.11. The van der Waals surface area contributed by atoms with Crippen molar-refractivity contribution in [3.05, 3.63) is 82.6 Å². The number of ketones is 1. The van der Waals surface area contributed by atoms with Gasteiger partial charge in [0, 0.05) is 17.3 Å². The van der Waals surface area contributed by atoms with Crippen molar-refractivity contribution in [1.29, 1.82) is 0 Å². The second-order valence-electron chi connectivity index (χ2n) is 6.38. The van der Waals surface area contributed by atoms with Crippen molar-refractivity contribution in [3.8, 4) is 0 Å². The molecule has 0 saturated heterocycles. The van der Waals surface area contributed by atoms with E-state index in [1.807, 2.05) is 0 Å². The first-order valence-corrected chi connectivity index (χ1v) is 10.7. The summed E-state index contributed by atoms with van der Waals surface area (Å²) in [6, 6.07) is 12.9. The molecule has 4 N–H and O–H groups in total. The quantitative estimate of drug-likeness (QED) is 0.331. The number of para-hydroxylation sites is 1. The number of aromatic nitrogens is 1. The fourth-order valence-electron chi connectivity index (χ4n) is 2.53. The van der Waals surface area contributed by atoms with Crippen LogP contribution >= 0.6 is 11.6 Å². The molecule has 9 nitrogen and oxygen atoms in total. The standard InChI is InChI=1S/C20H17ClN4O5S/c1-12(26)14-10-18(22-11-14)20(28)24-23-19(27)13-5-4-6-15(9-13)31(29,30)25-17-8-3-2-7-16(17)21/h2-11,22,25H,1H3,(H,23,27)(H,24,28). The first-order valence-electron chi connectivity index (χ1n) is 8.85. The third kappa shape index (κ3) is 5.30. The highest BCUT2D eigenvalue weighted by atomic mass is 35.5. The second-order valence-corrected chi connectivity index (χ2v) is 8.47. The van der Waals surface area contributed by atoms with Gasteiger partial charge < -0.3 is 4.98 Å². The van der Waals surface area contributed by atoms with Crippen molar-refractivity contribution in [2.24, 2.45) is 0 Å². The predicted molar refractivity (Wildman–Crippen MR) is 114 cm³/mol. The first-order chi connectivity index (χ1) is 14.7. The summed E-state index contributed by atoms with van der Waals surface area (Å²) in [7, 11) is -4.01. The largest absolute Gasteiger partial charge is 0.356 e. The van der Waals surface area contributed by atoms with Crippen LogP contribution in [0.1, 0.15) is 38.1 Å². The van der Waals surface area contributed by atoms with E-state index in [9.17, 15) is 22.8 Å². The molecule has 0 aliphatic rings. The Balaban J connectivity index is 1.70. The fourth-order valence-corrected chi connectivity index (χ4v) is 3.90. The summed E-state index contributed by atoms with van der Waals surface area (Å²) in [5.41, 5.74) is 4.97. The maximum atomic E-state index is 12.6. The number of halogens is 1. The summed E-state index contributed by atoms with van der Waals surface area (Å²) in [4.78, 5) is 38.2. The lowest BCUT2D eigenvalue weighted by molar-refractivity contribution is 0.0844. The van der Waals surface area contributed by atoms with Gasteiger partial charge in [-0.25, -0.2) is 8.42 Å². The van der Waals surface area contributed by atoms with Crippen LogP contribution in [0.25, 0.3) is 0 Å². The van der Waals surface area contributed by atoms with Gasteiger partial charge in [0.25, 0.3) is 21.8 Å². The lowest BCUT2D eigenvalue weighted by atomic mass is 10.2. The molecule has 1 heterocycles. The molecule has 11 heteroatoms. The Morgan fingerprint density at radius 2 is 1.61 bits per heavy atom. The van der Waals surface area contributed by atoms with Crippen LogP contribution in [0.2, 0.25) is 5.02 Å². The van der Waals surface area contributed by atoms with Crippen molar-refractivity contribution in [2.75, 3.05) is 4.72 Å². The minimum absolute atomic E-state index is 0.00163. The molecule has 0 aliphatic heterocycles. The van der Waals surface area contributed by atoms with Crippen LogP contribution in [0.5, 0.6) is 0 Å². The van der Waals surface area contributed by atoms with Crippen molar-refractivity contribution >= 4 is 44.9 Å². The normalized spacial score (nSPS) is 10.9. The van der Waals surface area contributed by atoms with Gasteiger partial charge in [0.2, 0.25) is 0 Å². The number of nitrogens with one attached hydrogen (secondary N) is 4. The number of Topliss-reactive ketones (excluding diaryl/α,β-unsaturated/α-hetero) is 1. The van der Waals surface area contributed by atoms with E-state index in [1.165, 1.54) is 49.5 Å². The van der Waals surface area contributed by atoms with E-state index in [2.05, 4.69) is 20.6 Å². The fraction of sp³-hybridized carbons (Fsp3) is 0.0500. The molecule has 0 atom stereocenters. The number of aromatic amines is 1. The van der Waals surface area contributed by atoms with Gasteiger partial charge in [-0.1, -0.05) is 29.8 Å². The molecule has 2 aromatic carbocycles. The molecule has 3 rings (SSSR count). The van der Waals surface area contributed by atoms with E-state index in [1.54, 1.807) is 12.1 Å². The number of hydrazine groups is 1. The predicted octanol–water partition coefficient (Wildman–Crippen LogP) is 2.75. The van der Waals surface area contributed by atoms with E-state index in [-0.39, 0.29) is 32.6 Å². The van der Waals surface area contributed by atoms with Gasteiger partial charge in [0.1, 0.15) is 5.69 Å². The third-order valence-corrected chi connectivity index (χ3v) is 5.84. The SMILES string of the molecule is CC(=O)c1c[nH]c(C(=O)NNC(=O)c2cccc(S(=O)(=O)Nc3ccccc3Cl)c2)c1. The smallest absolute Gasteiger partial charge is 0.286 e. The number of hydrogen-bond acceptors (Lipinski definition) is 5. The van der Waals surface area contributed by atoms with Crippen LogP contribution < -0.4 is 15.6 Å². The highest BCUT2D eigenvalue weighted by molar-refractivity contribution is 7.92. The molecule has 0 bridgehead atoms. The monoisotopic (exact) mass is 460 g/mol. The van der Waals surface area contributed by atoms with Crippen LogP contribution in [0.3, 0.4) is 0 Å². The summed E-state index contributed by atoms with van der Waals surface area (Å²) < 4.78 is 27.6. The number of carbonyl (C=O) groups is 3. The molecule has 2 amide bonds. The number of H-pyrrole nitrogens is 1. The topological polar surface area (TPSA) is 137 Å². The molecule has 0 radical (unpaired) electrons. The molecule has 0 fully saturated rings. The number of benzene rings is 2. The van der Waals surface area contributed by atoms with Gasteiger partial charge in [-0.05, 0) is 43.3 Å². The van der Waals surface area contributed by atoms with E-state index in [0.717, 1.165) is 6.07 Å². The molecular formula is C20H17ClN4O5S. The minimum Gasteiger partial charge on any atom is -0.356 e. The number of hydrogen-bond donors (Lipinski definition) is 4. The maximum Gasteiger partial charge on any atom is 0.286 e.